The number of anilines is 1. The van der Waals surface area contributed by atoms with Crippen LogP contribution in [0.15, 0.2) is 18.2 Å². The Balaban J connectivity index is 1.35. The first-order valence-corrected chi connectivity index (χ1v) is 11.3. The van der Waals surface area contributed by atoms with Gasteiger partial charge < -0.3 is 10.2 Å². The van der Waals surface area contributed by atoms with Crippen molar-refractivity contribution < 1.29 is 9.59 Å². The number of halogens is 2. The number of amides is 2. The average Bonchev–Trinajstić information content (AvgIpc) is 3.13. The van der Waals surface area contributed by atoms with Crippen molar-refractivity contribution in [1.82, 2.24) is 4.90 Å². The minimum atomic E-state index is -0.407. The molecular formula is C22H26Cl2N2O2. The van der Waals surface area contributed by atoms with E-state index in [1.54, 1.807) is 18.2 Å². The highest BCUT2D eigenvalue weighted by atomic mass is 35.5. The lowest BCUT2D eigenvalue weighted by Gasteiger charge is -2.56. The molecule has 28 heavy (non-hydrogen) atoms. The summed E-state index contributed by atoms with van der Waals surface area (Å²) in [6.45, 7) is 0.682. The number of rotatable bonds is 3. The van der Waals surface area contributed by atoms with Crippen molar-refractivity contribution in [3.05, 3.63) is 28.2 Å². The number of carbonyl (C=O) groups is 2. The van der Waals surface area contributed by atoms with E-state index in [2.05, 4.69) is 5.32 Å². The van der Waals surface area contributed by atoms with E-state index in [4.69, 9.17) is 23.2 Å². The predicted molar refractivity (Wildman–Crippen MR) is 110 cm³/mol. The highest BCUT2D eigenvalue weighted by molar-refractivity contribution is 6.44. The van der Waals surface area contributed by atoms with Crippen molar-refractivity contribution in [2.75, 3.05) is 11.9 Å². The average molecular weight is 421 g/mol. The number of carbonyl (C=O) groups excluding carboxylic acids is 2. The van der Waals surface area contributed by atoms with Gasteiger partial charge in [-0.05, 0) is 81.3 Å². The van der Waals surface area contributed by atoms with Crippen molar-refractivity contribution in [3.8, 4) is 0 Å². The molecule has 1 atom stereocenters. The molecule has 5 fully saturated rings. The molecule has 0 spiro atoms. The highest BCUT2D eigenvalue weighted by Gasteiger charge is 2.56. The molecule has 2 amide bonds. The lowest BCUT2D eigenvalue weighted by molar-refractivity contribution is -0.160. The van der Waals surface area contributed by atoms with Gasteiger partial charge in [0.15, 0.2) is 0 Å². The monoisotopic (exact) mass is 420 g/mol. The molecule has 1 N–H and O–H groups in total. The smallest absolute Gasteiger partial charge is 0.247 e. The molecule has 4 nitrogen and oxygen atoms in total. The third kappa shape index (κ3) is 3.04. The van der Waals surface area contributed by atoms with E-state index >= 15 is 0 Å². The van der Waals surface area contributed by atoms with Crippen LogP contribution in [0.3, 0.4) is 0 Å². The topological polar surface area (TPSA) is 49.4 Å². The Morgan fingerprint density at radius 2 is 1.68 bits per heavy atom. The van der Waals surface area contributed by atoms with E-state index in [1.165, 1.54) is 19.3 Å². The second kappa shape index (κ2) is 6.91. The van der Waals surface area contributed by atoms with Gasteiger partial charge in [0.05, 0.1) is 21.1 Å². The molecule has 5 aliphatic rings. The van der Waals surface area contributed by atoms with Crippen LogP contribution in [0.4, 0.5) is 5.69 Å². The van der Waals surface area contributed by atoms with E-state index in [1.807, 2.05) is 4.90 Å². The fraction of sp³-hybridized carbons (Fsp3) is 0.636. The van der Waals surface area contributed by atoms with Crippen molar-refractivity contribution in [1.29, 1.82) is 0 Å². The molecule has 0 radical (unpaired) electrons. The van der Waals surface area contributed by atoms with Gasteiger partial charge in [0, 0.05) is 6.54 Å². The van der Waals surface area contributed by atoms with Crippen LogP contribution in [0.25, 0.3) is 0 Å². The second-order valence-electron chi connectivity index (χ2n) is 9.45. The summed E-state index contributed by atoms with van der Waals surface area (Å²) >= 11 is 12.3. The fourth-order valence-corrected chi connectivity index (χ4v) is 7.12. The van der Waals surface area contributed by atoms with Crippen LogP contribution in [0.5, 0.6) is 0 Å². The van der Waals surface area contributed by atoms with Gasteiger partial charge in [0.2, 0.25) is 11.8 Å². The maximum absolute atomic E-state index is 13.7. The normalized spacial score (nSPS) is 36.0. The third-order valence-electron chi connectivity index (χ3n) is 7.52. The zero-order valence-electron chi connectivity index (χ0n) is 15.9. The molecule has 1 unspecified atom stereocenters. The predicted octanol–water partition coefficient (Wildman–Crippen LogP) is 5.14. The van der Waals surface area contributed by atoms with Gasteiger partial charge in [-0.25, -0.2) is 0 Å². The molecule has 1 aromatic rings. The first-order valence-electron chi connectivity index (χ1n) is 10.5. The van der Waals surface area contributed by atoms with Gasteiger partial charge >= 0.3 is 0 Å². The molecule has 6 rings (SSSR count). The highest BCUT2D eigenvalue weighted by Crippen LogP contribution is 2.60. The number of benzene rings is 1. The maximum atomic E-state index is 13.7. The van der Waals surface area contributed by atoms with Crippen LogP contribution >= 0.6 is 23.2 Å². The molecule has 4 bridgehead atoms. The molecule has 150 valence electrons. The van der Waals surface area contributed by atoms with E-state index in [-0.39, 0.29) is 17.2 Å². The lowest BCUT2D eigenvalue weighted by Crippen LogP contribution is -2.56. The number of hydrogen-bond donors (Lipinski definition) is 1. The van der Waals surface area contributed by atoms with Gasteiger partial charge in [-0.2, -0.15) is 0 Å². The third-order valence-corrected chi connectivity index (χ3v) is 8.34. The molecule has 1 heterocycles. The standard InChI is InChI=1S/C22H26Cl2N2O2/c23-16-3-1-4-17(19(16)24)25-20(27)18-5-2-6-26(18)21(28)22-10-13-7-14(11-22)9-15(8-13)12-22/h1,3-4,13-15,18H,2,5-12H2,(H,25,27). The minimum absolute atomic E-state index is 0.153. The molecule has 4 aliphatic carbocycles. The molecular weight excluding hydrogens is 395 g/mol. The van der Waals surface area contributed by atoms with Gasteiger partial charge in [-0.3, -0.25) is 9.59 Å². The van der Waals surface area contributed by atoms with Crippen LogP contribution in [0.1, 0.15) is 51.4 Å². The summed E-state index contributed by atoms with van der Waals surface area (Å²) < 4.78 is 0. The van der Waals surface area contributed by atoms with E-state index < -0.39 is 6.04 Å². The summed E-state index contributed by atoms with van der Waals surface area (Å²) in [5.41, 5.74) is 0.305. The summed E-state index contributed by atoms with van der Waals surface area (Å²) in [5, 5.41) is 3.65. The van der Waals surface area contributed by atoms with Crippen molar-refractivity contribution >= 4 is 40.7 Å². The van der Waals surface area contributed by atoms with Crippen molar-refractivity contribution in [3.63, 3.8) is 0 Å². The van der Waals surface area contributed by atoms with Crippen molar-refractivity contribution in [2.24, 2.45) is 23.2 Å². The fourth-order valence-electron chi connectivity index (χ4n) is 6.78. The molecule has 1 aromatic carbocycles. The number of hydrogen-bond acceptors (Lipinski definition) is 2. The van der Waals surface area contributed by atoms with Crippen LogP contribution < -0.4 is 5.32 Å². The molecule has 4 saturated carbocycles. The Bertz CT molecular complexity index is 789. The van der Waals surface area contributed by atoms with E-state index in [0.717, 1.165) is 43.4 Å². The Morgan fingerprint density at radius 3 is 2.32 bits per heavy atom. The Kier molecular flexibility index (Phi) is 4.63. The zero-order valence-corrected chi connectivity index (χ0v) is 17.4. The second-order valence-corrected chi connectivity index (χ2v) is 10.2. The van der Waals surface area contributed by atoms with Crippen LogP contribution in [0.2, 0.25) is 10.0 Å². The van der Waals surface area contributed by atoms with Crippen LogP contribution in [-0.2, 0) is 9.59 Å². The molecule has 1 aliphatic heterocycles. The summed E-state index contributed by atoms with van der Waals surface area (Å²) in [5.74, 6) is 2.24. The maximum Gasteiger partial charge on any atom is 0.247 e. The van der Waals surface area contributed by atoms with Crippen molar-refractivity contribution in [2.45, 2.75) is 57.4 Å². The van der Waals surface area contributed by atoms with Gasteiger partial charge in [0.25, 0.3) is 0 Å². The lowest BCUT2D eigenvalue weighted by atomic mass is 9.49. The summed E-state index contributed by atoms with van der Waals surface area (Å²) in [4.78, 5) is 28.6. The Hall–Kier alpha value is -1.26. The largest absolute Gasteiger partial charge is 0.330 e. The van der Waals surface area contributed by atoms with Gasteiger partial charge in [0.1, 0.15) is 6.04 Å². The Morgan fingerprint density at radius 1 is 1.04 bits per heavy atom. The van der Waals surface area contributed by atoms with E-state index in [9.17, 15) is 9.59 Å². The number of nitrogens with zero attached hydrogens (tertiary/aromatic N) is 1. The Labute approximate surface area is 175 Å². The minimum Gasteiger partial charge on any atom is -0.330 e. The summed E-state index contributed by atoms with van der Waals surface area (Å²) in [7, 11) is 0. The molecule has 1 saturated heterocycles. The van der Waals surface area contributed by atoms with E-state index in [0.29, 0.717) is 28.7 Å². The number of likely N-dealkylation sites (tertiary alicyclic amines) is 1. The summed E-state index contributed by atoms with van der Waals surface area (Å²) in [6.07, 6.45) is 8.60. The summed E-state index contributed by atoms with van der Waals surface area (Å²) in [6, 6.07) is 4.79. The molecule has 0 aromatic heterocycles. The van der Waals surface area contributed by atoms with Gasteiger partial charge in [-0.1, -0.05) is 29.3 Å². The van der Waals surface area contributed by atoms with Crippen LogP contribution in [-0.4, -0.2) is 29.3 Å². The first-order chi connectivity index (χ1) is 13.4. The number of nitrogens with one attached hydrogen (secondary N) is 1. The quantitative estimate of drug-likeness (QED) is 0.735. The van der Waals surface area contributed by atoms with Gasteiger partial charge in [-0.15, -0.1) is 0 Å². The SMILES string of the molecule is O=C(Nc1cccc(Cl)c1Cl)C1CCCN1C(=O)C12CC3CC(CC(C3)C1)C2. The van der Waals surface area contributed by atoms with Crippen LogP contribution in [0, 0.1) is 23.2 Å². The first kappa shape index (κ1) is 18.7. The molecule has 6 heteroatoms. The zero-order chi connectivity index (χ0) is 19.5.